The van der Waals surface area contributed by atoms with Crippen LogP contribution in [0.5, 0.6) is 5.75 Å². The van der Waals surface area contributed by atoms with Crippen LogP contribution < -0.4 is 10.3 Å². The molecule has 3 heterocycles. The van der Waals surface area contributed by atoms with Crippen molar-refractivity contribution in [2.45, 2.75) is 32.2 Å². The molecule has 5 rings (SSSR count). The highest BCUT2D eigenvalue weighted by atomic mass is 16.5. The monoisotopic (exact) mass is 376 g/mol. The lowest BCUT2D eigenvalue weighted by Crippen LogP contribution is -2.22. The summed E-state index contributed by atoms with van der Waals surface area (Å²) >= 11 is 0. The highest BCUT2D eigenvalue weighted by Crippen LogP contribution is 2.39. The minimum Gasteiger partial charge on any atom is -0.496 e. The number of aromatic nitrogens is 4. The van der Waals surface area contributed by atoms with Crippen molar-refractivity contribution in [3.63, 3.8) is 0 Å². The summed E-state index contributed by atoms with van der Waals surface area (Å²) in [6.45, 7) is 2.19. The fourth-order valence-corrected chi connectivity index (χ4v) is 3.42. The normalized spacial score (nSPS) is 13.9. The van der Waals surface area contributed by atoms with Crippen molar-refractivity contribution in [2.75, 3.05) is 7.11 Å². The highest BCUT2D eigenvalue weighted by molar-refractivity contribution is 5.63. The number of hydrogen-bond acceptors (Lipinski definition) is 5. The van der Waals surface area contributed by atoms with Crippen molar-refractivity contribution in [3.05, 3.63) is 70.2 Å². The second-order valence-corrected chi connectivity index (χ2v) is 7.13. The van der Waals surface area contributed by atoms with Crippen LogP contribution in [-0.2, 0) is 6.54 Å². The highest BCUT2D eigenvalue weighted by Gasteiger charge is 2.27. The minimum atomic E-state index is -0.0804. The minimum absolute atomic E-state index is 0.0804. The van der Waals surface area contributed by atoms with Crippen LogP contribution in [0.1, 0.15) is 35.9 Å². The molecule has 28 heavy (non-hydrogen) atoms. The van der Waals surface area contributed by atoms with Crippen molar-refractivity contribution in [3.8, 4) is 17.2 Å². The molecule has 7 heteroatoms. The molecule has 0 bridgehead atoms. The van der Waals surface area contributed by atoms with Gasteiger partial charge in [0, 0.05) is 18.3 Å². The Kier molecular flexibility index (Phi) is 3.82. The summed E-state index contributed by atoms with van der Waals surface area (Å²) in [4.78, 5) is 17.5. The third-order valence-corrected chi connectivity index (χ3v) is 5.17. The van der Waals surface area contributed by atoms with Gasteiger partial charge in [-0.1, -0.05) is 12.1 Å². The Bertz CT molecular complexity index is 1230. The van der Waals surface area contributed by atoms with Gasteiger partial charge < -0.3 is 13.7 Å². The summed E-state index contributed by atoms with van der Waals surface area (Å²) in [6, 6.07) is 9.48. The molecule has 0 unspecified atom stereocenters. The molecule has 0 radical (unpaired) electrons. The maximum atomic E-state index is 12.9. The number of nitrogens with zero attached hydrogens (tertiary/aromatic N) is 4. The second-order valence-electron chi connectivity index (χ2n) is 7.13. The van der Waals surface area contributed by atoms with E-state index in [1.165, 1.54) is 0 Å². The average Bonchev–Trinajstić information content (AvgIpc) is 3.37. The van der Waals surface area contributed by atoms with Gasteiger partial charge in [-0.25, -0.2) is 9.50 Å². The van der Waals surface area contributed by atoms with Crippen molar-refractivity contribution >= 4 is 5.52 Å². The molecule has 0 atom stereocenters. The Morgan fingerprint density at radius 2 is 2.07 bits per heavy atom. The summed E-state index contributed by atoms with van der Waals surface area (Å²) in [6.07, 6.45) is 5.87. The number of fused-ring (bicyclic) bond motifs is 1. The number of benzene rings is 1. The number of methoxy groups -OCH3 is 1. The predicted molar refractivity (Wildman–Crippen MR) is 104 cm³/mol. The molecule has 0 saturated heterocycles. The average molecular weight is 376 g/mol. The van der Waals surface area contributed by atoms with Gasteiger partial charge >= 0.3 is 0 Å². The summed E-state index contributed by atoms with van der Waals surface area (Å²) in [5.41, 5.74) is 3.02. The molecule has 3 aromatic heterocycles. The number of para-hydroxylation sites is 1. The molecule has 1 aliphatic rings. The van der Waals surface area contributed by atoms with E-state index in [-0.39, 0.29) is 5.56 Å². The van der Waals surface area contributed by atoms with Crippen molar-refractivity contribution in [1.29, 1.82) is 0 Å². The zero-order valence-electron chi connectivity index (χ0n) is 15.8. The zero-order chi connectivity index (χ0) is 19.3. The van der Waals surface area contributed by atoms with Gasteiger partial charge in [0.25, 0.3) is 5.56 Å². The van der Waals surface area contributed by atoms with E-state index in [9.17, 15) is 4.79 Å². The first-order valence-electron chi connectivity index (χ1n) is 9.32. The van der Waals surface area contributed by atoms with E-state index in [4.69, 9.17) is 9.15 Å². The molecular weight excluding hydrogens is 356 g/mol. The largest absolute Gasteiger partial charge is 0.496 e. The van der Waals surface area contributed by atoms with E-state index in [0.29, 0.717) is 41.1 Å². The first-order valence-corrected chi connectivity index (χ1v) is 9.32. The van der Waals surface area contributed by atoms with E-state index < -0.39 is 0 Å². The third-order valence-electron chi connectivity index (χ3n) is 5.17. The number of oxazole rings is 1. The molecule has 0 spiro atoms. The van der Waals surface area contributed by atoms with Crippen LogP contribution in [0.4, 0.5) is 0 Å². The molecule has 0 N–H and O–H groups in total. The molecule has 1 aliphatic carbocycles. The molecule has 0 amide bonds. The lowest BCUT2D eigenvalue weighted by molar-refractivity contribution is 0.414. The summed E-state index contributed by atoms with van der Waals surface area (Å²) in [5.74, 6) is 2.37. The number of hydrogen-bond donors (Lipinski definition) is 0. The quantitative estimate of drug-likeness (QED) is 0.534. The standard InChI is InChI=1S/C21H20N4O3/c1-13-17(22-20(28-13)15-5-3-4-6-19(15)27-2)12-24-9-10-25-18(21(24)26)11-16(23-25)14-7-8-14/h3-6,9-11,14H,7-8,12H2,1-2H3. The molecule has 142 valence electrons. The van der Waals surface area contributed by atoms with Crippen LogP contribution in [0.25, 0.3) is 17.0 Å². The van der Waals surface area contributed by atoms with Gasteiger partial charge in [0.2, 0.25) is 5.89 Å². The second kappa shape index (κ2) is 6.37. The van der Waals surface area contributed by atoms with E-state index in [0.717, 1.165) is 24.1 Å². The Morgan fingerprint density at radius 3 is 2.86 bits per heavy atom. The molecule has 0 aliphatic heterocycles. The Balaban J connectivity index is 1.50. The van der Waals surface area contributed by atoms with E-state index in [2.05, 4.69) is 10.1 Å². The van der Waals surface area contributed by atoms with Gasteiger partial charge in [-0.2, -0.15) is 5.10 Å². The predicted octanol–water partition coefficient (Wildman–Crippen LogP) is 3.39. The van der Waals surface area contributed by atoms with Gasteiger partial charge in [0.05, 0.1) is 24.9 Å². The van der Waals surface area contributed by atoms with E-state index >= 15 is 0 Å². The van der Waals surface area contributed by atoms with Crippen LogP contribution in [0.3, 0.4) is 0 Å². The maximum Gasteiger partial charge on any atom is 0.276 e. The maximum absolute atomic E-state index is 12.9. The van der Waals surface area contributed by atoms with Gasteiger partial charge in [0.15, 0.2) is 0 Å². The fraction of sp³-hybridized carbons (Fsp3) is 0.286. The van der Waals surface area contributed by atoms with Crippen molar-refractivity contribution < 1.29 is 9.15 Å². The lowest BCUT2D eigenvalue weighted by Gasteiger charge is -2.04. The fourth-order valence-electron chi connectivity index (χ4n) is 3.42. The van der Waals surface area contributed by atoms with Crippen LogP contribution in [-0.4, -0.2) is 26.3 Å². The molecule has 4 aromatic rings. The zero-order valence-corrected chi connectivity index (χ0v) is 15.8. The summed E-state index contributed by atoms with van der Waals surface area (Å²) < 4.78 is 14.6. The van der Waals surface area contributed by atoms with Crippen LogP contribution >= 0.6 is 0 Å². The van der Waals surface area contributed by atoms with Crippen LogP contribution in [0, 0.1) is 6.92 Å². The lowest BCUT2D eigenvalue weighted by atomic mass is 10.2. The van der Waals surface area contributed by atoms with Gasteiger partial charge in [0.1, 0.15) is 22.7 Å². The van der Waals surface area contributed by atoms with Gasteiger partial charge in [-0.15, -0.1) is 0 Å². The van der Waals surface area contributed by atoms with Crippen LogP contribution in [0.2, 0.25) is 0 Å². The van der Waals surface area contributed by atoms with Gasteiger partial charge in [-0.05, 0) is 38.0 Å². The number of rotatable bonds is 5. The third kappa shape index (κ3) is 2.79. The van der Waals surface area contributed by atoms with Crippen molar-refractivity contribution in [1.82, 2.24) is 19.2 Å². The molecule has 1 fully saturated rings. The number of ether oxygens (including phenoxy) is 1. The van der Waals surface area contributed by atoms with E-state index in [1.807, 2.05) is 43.5 Å². The first-order chi connectivity index (χ1) is 13.6. The van der Waals surface area contributed by atoms with E-state index in [1.54, 1.807) is 22.4 Å². The van der Waals surface area contributed by atoms with Crippen LogP contribution in [0.15, 0.2) is 51.9 Å². The molecule has 1 saturated carbocycles. The summed E-state index contributed by atoms with van der Waals surface area (Å²) in [5, 5.41) is 4.52. The van der Waals surface area contributed by atoms with Crippen molar-refractivity contribution in [2.24, 2.45) is 0 Å². The Labute approximate surface area is 161 Å². The summed E-state index contributed by atoms with van der Waals surface area (Å²) in [7, 11) is 1.62. The topological polar surface area (TPSA) is 74.6 Å². The number of aryl methyl sites for hydroxylation is 1. The molecular formula is C21H20N4O3. The molecule has 7 nitrogen and oxygen atoms in total. The molecule has 1 aromatic carbocycles. The smallest absolute Gasteiger partial charge is 0.276 e. The Hall–Kier alpha value is -3.35. The first kappa shape index (κ1) is 16.8. The van der Waals surface area contributed by atoms with Gasteiger partial charge in [-0.3, -0.25) is 4.79 Å². The SMILES string of the molecule is COc1ccccc1-c1nc(Cn2ccn3nc(C4CC4)cc3c2=O)c(C)o1. The Morgan fingerprint density at radius 1 is 1.25 bits per heavy atom.